The van der Waals surface area contributed by atoms with Crippen molar-refractivity contribution in [3.05, 3.63) is 17.5 Å². The molecule has 6 heteroatoms. The number of nitrogens with one attached hydrogen (secondary N) is 2. The zero-order chi connectivity index (χ0) is 16.9. The highest BCUT2D eigenvalue weighted by atomic mass is 16.2. The molecule has 24 heavy (non-hydrogen) atoms. The van der Waals surface area contributed by atoms with Gasteiger partial charge < -0.3 is 10.6 Å². The number of hydrogen-bond acceptors (Lipinski definition) is 3. The summed E-state index contributed by atoms with van der Waals surface area (Å²) in [6, 6.07) is 1.18. The van der Waals surface area contributed by atoms with Crippen LogP contribution in [0.1, 0.15) is 56.2 Å². The number of likely N-dealkylation sites (tertiary alicyclic amines) is 1. The number of aryl methyl sites for hydroxylation is 1. The van der Waals surface area contributed by atoms with Crippen LogP contribution >= 0.6 is 0 Å². The van der Waals surface area contributed by atoms with Crippen LogP contribution < -0.4 is 10.6 Å². The van der Waals surface area contributed by atoms with Crippen LogP contribution in [0.3, 0.4) is 0 Å². The van der Waals surface area contributed by atoms with E-state index in [9.17, 15) is 4.79 Å². The lowest BCUT2D eigenvalue weighted by Gasteiger charge is -2.35. The summed E-state index contributed by atoms with van der Waals surface area (Å²) in [7, 11) is 1.92. The molecule has 1 saturated heterocycles. The van der Waals surface area contributed by atoms with Crippen molar-refractivity contribution in [1.29, 1.82) is 0 Å². The second kappa shape index (κ2) is 8.01. The van der Waals surface area contributed by atoms with Crippen molar-refractivity contribution >= 4 is 6.03 Å². The van der Waals surface area contributed by atoms with Gasteiger partial charge in [0.05, 0.1) is 6.20 Å². The van der Waals surface area contributed by atoms with Gasteiger partial charge in [-0.25, -0.2) is 4.79 Å². The topological polar surface area (TPSA) is 62.2 Å². The highest BCUT2D eigenvalue weighted by Gasteiger charge is 2.31. The molecular formula is C18H31N5O. The molecule has 2 N–H and O–H groups in total. The van der Waals surface area contributed by atoms with E-state index >= 15 is 0 Å². The van der Waals surface area contributed by atoms with Gasteiger partial charge in [0.15, 0.2) is 0 Å². The molecule has 134 valence electrons. The normalized spacial score (nSPS) is 22.7. The van der Waals surface area contributed by atoms with E-state index in [1.165, 1.54) is 51.5 Å². The molecule has 2 fully saturated rings. The Labute approximate surface area is 145 Å². The lowest BCUT2D eigenvalue weighted by molar-refractivity contribution is 0.140. The Morgan fingerprint density at radius 2 is 2.00 bits per heavy atom. The number of carbonyl (C=O) groups is 1. The summed E-state index contributed by atoms with van der Waals surface area (Å²) in [5.41, 5.74) is 2.16. The van der Waals surface area contributed by atoms with Gasteiger partial charge in [0.25, 0.3) is 0 Å². The third-order valence-corrected chi connectivity index (χ3v) is 5.74. The first-order chi connectivity index (χ1) is 11.6. The molecule has 1 unspecified atom stereocenters. The Bertz CT molecular complexity index is 550. The smallest absolute Gasteiger partial charge is 0.315 e. The summed E-state index contributed by atoms with van der Waals surface area (Å²) in [5, 5.41) is 10.2. The molecule has 6 nitrogen and oxygen atoms in total. The molecule has 0 spiro atoms. The summed E-state index contributed by atoms with van der Waals surface area (Å²) in [5.74, 6) is 0. The number of carbonyl (C=O) groups excluding carboxylic acids is 1. The molecular weight excluding hydrogens is 302 g/mol. The first kappa shape index (κ1) is 17.3. The zero-order valence-electron chi connectivity index (χ0n) is 15.1. The van der Waals surface area contributed by atoms with E-state index in [2.05, 4.69) is 20.6 Å². The fraction of sp³-hybridized carbons (Fsp3) is 0.778. The summed E-state index contributed by atoms with van der Waals surface area (Å²) in [6.07, 6.45) is 11.1. The van der Waals surface area contributed by atoms with Crippen LogP contribution in [-0.4, -0.2) is 45.9 Å². The van der Waals surface area contributed by atoms with E-state index in [1.54, 1.807) is 0 Å². The van der Waals surface area contributed by atoms with Crippen molar-refractivity contribution in [1.82, 2.24) is 25.3 Å². The van der Waals surface area contributed by atoms with E-state index in [0.29, 0.717) is 12.6 Å². The molecule has 2 heterocycles. The van der Waals surface area contributed by atoms with E-state index in [4.69, 9.17) is 0 Å². The lowest BCUT2D eigenvalue weighted by Crippen LogP contribution is -2.47. The van der Waals surface area contributed by atoms with Crippen molar-refractivity contribution in [2.24, 2.45) is 7.05 Å². The molecule has 3 rings (SSSR count). The highest BCUT2D eigenvalue weighted by molar-refractivity contribution is 5.73. The monoisotopic (exact) mass is 333 g/mol. The molecule has 2 amide bonds. The third kappa shape index (κ3) is 4.09. The van der Waals surface area contributed by atoms with E-state index in [1.807, 2.05) is 24.9 Å². The third-order valence-electron chi connectivity index (χ3n) is 5.74. The van der Waals surface area contributed by atoms with Gasteiger partial charge in [0.1, 0.15) is 0 Å². The first-order valence-electron chi connectivity index (χ1n) is 9.40. The molecule has 2 aliphatic rings. The molecule has 0 bridgehead atoms. The first-order valence-corrected chi connectivity index (χ1v) is 9.40. The zero-order valence-corrected chi connectivity index (χ0v) is 15.1. The van der Waals surface area contributed by atoms with Gasteiger partial charge in [-0.2, -0.15) is 5.10 Å². The Balaban J connectivity index is 1.42. The van der Waals surface area contributed by atoms with Crippen LogP contribution in [0.25, 0.3) is 0 Å². The maximum Gasteiger partial charge on any atom is 0.315 e. The van der Waals surface area contributed by atoms with Crippen LogP contribution in [0.5, 0.6) is 0 Å². The van der Waals surface area contributed by atoms with Crippen molar-refractivity contribution < 1.29 is 4.79 Å². The van der Waals surface area contributed by atoms with E-state index in [-0.39, 0.29) is 6.03 Å². The fourth-order valence-corrected chi connectivity index (χ4v) is 4.14. The molecule has 1 saturated carbocycles. The standard InChI is InChI=1S/C18H31N5O/c1-14-15(12-21-22(14)2)11-19-18(24)20-13-17-9-6-10-23(17)16-7-4-3-5-8-16/h12,16-17H,3-11,13H2,1-2H3,(H2,19,20,24). The molecule has 0 radical (unpaired) electrons. The SMILES string of the molecule is Cc1c(CNC(=O)NCC2CCCN2C2CCCCC2)cnn1C. The van der Waals surface area contributed by atoms with Gasteiger partial charge in [-0.1, -0.05) is 19.3 Å². The minimum absolute atomic E-state index is 0.0752. The van der Waals surface area contributed by atoms with Gasteiger partial charge in [-0.05, 0) is 39.2 Å². The maximum atomic E-state index is 12.1. The summed E-state index contributed by atoms with van der Waals surface area (Å²) in [6.45, 7) is 4.51. The van der Waals surface area contributed by atoms with Crippen LogP contribution in [0.4, 0.5) is 4.79 Å². The quantitative estimate of drug-likeness (QED) is 0.869. The van der Waals surface area contributed by atoms with Crippen molar-refractivity contribution in [2.45, 2.75) is 70.5 Å². The van der Waals surface area contributed by atoms with Crippen molar-refractivity contribution in [3.8, 4) is 0 Å². The van der Waals surface area contributed by atoms with Gasteiger partial charge in [0, 0.05) is 43.5 Å². The van der Waals surface area contributed by atoms with Crippen LogP contribution in [-0.2, 0) is 13.6 Å². The molecule has 1 aliphatic heterocycles. The number of rotatable bonds is 5. The van der Waals surface area contributed by atoms with Gasteiger partial charge in [0.2, 0.25) is 0 Å². The predicted octanol–water partition coefficient (Wildman–Crippen LogP) is 2.32. The average Bonchev–Trinajstić information content (AvgIpc) is 3.20. The van der Waals surface area contributed by atoms with Crippen LogP contribution in [0, 0.1) is 6.92 Å². The molecule has 1 aliphatic carbocycles. The van der Waals surface area contributed by atoms with Crippen LogP contribution in [0.2, 0.25) is 0 Å². The molecule has 0 aromatic carbocycles. The van der Waals surface area contributed by atoms with Crippen molar-refractivity contribution in [3.63, 3.8) is 0 Å². The number of hydrogen-bond donors (Lipinski definition) is 2. The fourth-order valence-electron chi connectivity index (χ4n) is 4.14. The average molecular weight is 333 g/mol. The van der Waals surface area contributed by atoms with Crippen LogP contribution in [0.15, 0.2) is 6.20 Å². The second-order valence-electron chi connectivity index (χ2n) is 7.27. The number of amides is 2. The predicted molar refractivity (Wildman–Crippen MR) is 94.8 cm³/mol. The Morgan fingerprint density at radius 1 is 1.21 bits per heavy atom. The number of aromatic nitrogens is 2. The van der Waals surface area contributed by atoms with Crippen molar-refractivity contribution in [2.75, 3.05) is 13.1 Å². The Morgan fingerprint density at radius 3 is 2.71 bits per heavy atom. The summed E-state index contributed by atoms with van der Waals surface area (Å²) in [4.78, 5) is 14.8. The summed E-state index contributed by atoms with van der Waals surface area (Å²) >= 11 is 0. The van der Waals surface area contributed by atoms with Gasteiger partial charge in [-0.15, -0.1) is 0 Å². The Kier molecular flexibility index (Phi) is 5.76. The minimum Gasteiger partial charge on any atom is -0.337 e. The van der Waals surface area contributed by atoms with Gasteiger partial charge >= 0.3 is 6.03 Å². The molecule has 1 aromatic rings. The number of urea groups is 1. The number of nitrogens with zero attached hydrogens (tertiary/aromatic N) is 3. The molecule has 1 atom stereocenters. The molecule has 1 aromatic heterocycles. The van der Waals surface area contributed by atoms with E-state index < -0.39 is 0 Å². The largest absolute Gasteiger partial charge is 0.337 e. The van der Waals surface area contributed by atoms with Gasteiger partial charge in [-0.3, -0.25) is 9.58 Å². The van der Waals surface area contributed by atoms with E-state index in [0.717, 1.165) is 23.8 Å². The minimum atomic E-state index is -0.0752. The summed E-state index contributed by atoms with van der Waals surface area (Å²) < 4.78 is 1.83. The lowest BCUT2D eigenvalue weighted by atomic mass is 9.94. The second-order valence-corrected chi connectivity index (χ2v) is 7.27. The maximum absolute atomic E-state index is 12.1. The Hall–Kier alpha value is -1.56. The highest BCUT2D eigenvalue weighted by Crippen LogP contribution is 2.28.